The van der Waals surface area contributed by atoms with Gasteiger partial charge in [0.25, 0.3) is 5.69 Å². The molecule has 4 aromatic rings. The minimum Gasteiger partial charge on any atom is -0.451 e. The number of aromatic nitrogens is 4. The average molecular weight is 468 g/mol. The first-order valence-corrected chi connectivity index (χ1v) is 10.4. The molecule has 1 atom stereocenters. The molecule has 1 unspecified atom stereocenters. The van der Waals surface area contributed by atoms with Crippen LogP contribution in [-0.2, 0) is 4.74 Å². The Hall–Kier alpha value is -4.19. The molecule has 174 valence electrons. The van der Waals surface area contributed by atoms with E-state index in [9.17, 15) is 18.9 Å². The maximum Gasteiger partial charge on any atom is 0.298 e. The Morgan fingerprint density at radius 1 is 1.21 bits per heavy atom. The fraction of sp³-hybridized carbons (Fsp3) is 0.227. The highest BCUT2D eigenvalue weighted by Crippen LogP contribution is 2.37. The van der Waals surface area contributed by atoms with Gasteiger partial charge in [-0.05, 0) is 31.4 Å². The molecule has 2 aromatic carbocycles. The van der Waals surface area contributed by atoms with Gasteiger partial charge in [-0.2, -0.15) is 5.10 Å². The first-order chi connectivity index (χ1) is 16.4. The number of nitro groups is 1. The summed E-state index contributed by atoms with van der Waals surface area (Å²) in [5.41, 5.74) is 5.96. The molecule has 0 spiro atoms. The lowest BCUT2D eigenvalue weighted by molar-refractivity contribution is -0.384. The van der Waals surface area contributed by atoms with Gasteiger partial charge < -0.3 is 15.2 Å². The van der Waals surface area contributed by atoms with E-state index in [4.69, 9.17) is 15.2 Å². The van der Waals surface area contributed by atoms with Crippen molar-refractivity contribution < 1.29 is 23.2 Å². The maximum absolute atomic E-state index is 14.5. The molecule has 0 bridgehead atoms. The molecule has 1 saturated heterocycles. The third kappa shape index (κ3) is 3.99. The van der Waals surface area contributed by atoms with E-state index in [1.807, 2.05) is 6.20 Å². The third-order valence-electron chi connectivity index (χ3n) is 5.47. The zero-order valence-corrected chi connectivity index (χ0v) is 17.6. The number of fused-ring (bicyclic) bond motifs is 1. The summed E-state index contributed by atoms with van der Waals surface area (Å²) >= 11 is 0. The Bertz CT molecular complexity index is 1400. The lowest BCUT2D eigenvalue weighted by atomic mass is 10.2. The standard InChI is InChI=1S/C22H18F2N6O4/c23-14-8-18(30(31)32)21(25)20(24)22(14)34-13-4-5-15-16(7-13)28-17(10-26-15)12-9-27-29(11-12)19-3-1-2-6-33-19/h4-5,7-11,19H,1-3,6,25H2. The van der Waals surface area contributed by atoms with Crippen molar-refractivity contribution in [2.75, 3.05) is 12.3 Å². The Kier molecular flexibility index (Phi) is 5.49. The lowest BCUT2D eigenvalue weighted by Gasteiger charge is -2.22. The summed E-state index contributed by atoms with van der Waals surface area (Å²) in [5, 5.41) is 15.3. The molecule has 1 fully saturated rings. The fourth-order valence-corrected chi connectivity index (χ4v) is 3.72. The first-order valence-electron chi connectivity index (χ1n) is 10.4. The normalized spacial score (nSPS) is 16.0. The van der Waals surface area contributed by atoms with Gasteiger partial charge in [0, 0.05) is 24.4 Å². The van der Waals surface area contributed by atoms with Crippen LogP contribution in [0.5, 0.6) is 11.5 Å². The summed E-state index contributed by atoms with van der Waals surface area (Å²) in [4.78, 5) is 18.9. The van der Waals surface area contributed by atoms with Gasteiger partial charge in [-0.1, -0.05) is 0 Å². The van der Waals surface area contributed by atoms with Crippen molar-refractivity contribution in [2.45, 2.75) is 25.5 Å². The van der Waals surface area contributed by atoms with E-state index in [1.165, 1.54) is 12.1 Å². The maximum atomic E-state index is 14.5. The number of benzene rings is 2. The van der Waals surface area contributed by atoms with Crippen LogP contribution in [0.2, 0.25) is 0 Å². The minimum absolute atomic E-state index is 0.0521. The second kappa shape index (κ2) is 8.63. The van der Waals surface area contributed by atoms with Crippen molar-refractivity contribution in [3.8, 4) is 22.8 Å². The number of anilines is 1. The number of ether oxygens (including phenoxy) is 2. The van der Waals surface area contributed by atoms with Crippen molar-refractivity contribution >= 4 is 22.4 Å². The van der Waals surface area contributed by atoms with Crippen LogP contribution in [0.25, 0.3) is 22.3 Å². The van der Waals surface area contributed by atoms with Crippen molar-refractivity contribution in [2.24, 2.45) is 0 Å². The quantitative estimate of drug-likeness (QED) is 0.252. The number of nitro benzene ring substituents is 1. The number of rotatable bonds is 5. The molecule has 5 rings (SSSR count). The van der Waals surface area contributed by atoms with E-state index in [1.54, 1.807) is 23.1 Å². The van der Waals surface area contributed by atoms with Gasteiger partial charge in [0.05, 0.1) is 40.1 Å². The van der Waals surface area contributed by atoms with E-state index >= 15 is 0 Å². The number of nitrogen functional groups attached to an aromatic ring is 1. The van der Waals surface area contributed by atoms with E-state index in [2.05, 4.69) is 15.1 Å². The largest absolute Gasteiger partial charge is 0.451 e. The second-order valence-electron chi connectivity index (χ2n) is 7.73. The summed E-state index contributed by atoms with van der Waals surface area (Å²) < 4.78 is 41.6. The third-order valence-corrected chi connectivity index (χ3v) is 5.47. The number of nitrogens with two attached hydrogens (primary N) is 1. The average Bonchev–Trinajstić information content (AvgIpc) is 3.34. The molecular weight excluding hydrogens is 450 g/mol. The van der Waals surface area contributed by atoms with Crippen LogP contribution in [0, 0.1) is 21.7 Å². The monoisotopic (exact) mass is 468 g/mol. The van der Waals surface area contributed by atoms with Gasteiger partial charge in [-0.3, -0.25) is 15.1 Å². The van der Waals surface area contributed by atoms with Crippen LogP contribution in [0.1, 0.15) is 25.5 Å². The highest BCUT2D eigenvalue weighted by atomic mass is 19.1. The number of hydrogen-bond acceptors (Lipinski definition) is 8. The topological polar surface area (TPSA) is 131 Å². The molecule has 0 aliphatic carbocycles. The Morgan fingerprint density at radius 2 is 2.06 bits per heavy atom. The number of halogens is 2. The molecule has 0 saturated carbocycles. The molecular formula is C22H18F2N6O4. The van der Waals surface area contributed by atoms with E-state index in [0.29, 0.717) is 29.4 Å². The first kappa shape index (κ1) is 21.6. The van der Waals surface area contributed by atoms with Crippen molar-refractivity contribution in [3.63, 3.8) is 0 Å². The molecule has 0 amide bonds. The lowest BCUT2D eigenvalue weighted by Crippen LogP contribution is -2.18. The molecule has 0 radical (unpaired) electrons. The van der Waals surface area contributed by atoms with Crippen molar-refractivity contribution in [3.05, 3.63) is 64.6 Å². The molecule has 1 aliphatic heterocycles. The summed E-state index contributed by atoms with van der Waals surface area (Å²) in [6, 6.07) is 4.99. The van der Waals surface area contributed by atoms with E-state index < -0.39 is 33.7 Å². The number of nitrogens with zero attached hydrogens (tertiary/aromatic N) is 5. The van der Waals surface area contributed by atoms with E-state index in [-0.39, 0.29) is 12.0 Å². The van der Waals surface area contributed by atoms with Crippen LogP contribution < -0.4 is 10.5 Å². The molecule has 2 aromatic heterocycles. The minimum atomic E-state index is -1.36. The Balaban J connectivity index is 1.45. The molecule has 3 heterocycles. The molecule has 34 heavy (non-hydrogen) atoms. The van der Waals surface area contributed by atoms with Gasteiger partial charge >= 0.3 is 0 Å². The zero-order valence-electron chi connectivity index (χ0n) is 17.6. The van der Waals surface area contributed by atoms with Crippen LogP contribution >= 0.6 is 0 Å². The second-order valence-corrected chi connectivity index (χ2v) is 7.73. The highest BCUT2D eigenvalue weighted by Gasteiger charge is 2.25. The smallest absolute Gasteiger partial charge is 0.298 e. The van der Waals surface area contributed by atoms with Crippen LogP contribution in [0.3, 0.4) is 0 Å². The molecule has 1 aliphatic rings. The molecule has 12 heteroatoms. The Morgan fingerprint density at radius 3 is 2.82 bits per heavy atom. The van der Waals surface area contributed by atoms with Crippen molar-refractivity contribution in [1.82, 2.24) is 19.7 Å². The van der Waals surface area contributed by atoms with Gasteiger partial charge in [-0.15, -0.1) is 0 Å². The van der Waals surface area contributed by atoms with Crippen LogP contribution in [0.15, 0.2) is 42.9 Å². The van der Waals surface area contributed by atoms with Crippen LogP contribution in [0.4, 0.5) is 20.2 Å². The van der Waals surface area contributed by atoms with Crippen molar-refractivity contribution in [1.29, 1.82) is 0 Å². The van der Waals surface area contributed by atoms with Gasteiger partial charge in [0.2, 0.25) is 5.75 Å². The van der Waals surface area contributed by atoms with Gasteiger partial charge in [0.15, 0.2) is 17.3 Å². The SMILES string of the molecule is Nc1c([N+](=O)[O-])cc(F)c(Oc2ccc3ncc(-c4cnn(C5CCCCO5)c4)nc3c2)c1F. The summed E-state index contributed by atoms with van der Waals surface area (Å²) in [6.07, 6.45) is 7.96. The summed E-state index contributed by atoms with van der Waals surface area (Å²) in [6.45, 7) is 0.694. The summed E-state index contributed by atoms with van der Waals surface area (Å²) in [5.74, 6) is -3.41. The number of hydrogen-bond donors (Lipinski definition) is 1. The Labute approximate surface area is 191 Å². The zero-order chi connectivity index (χ0) is 23.8. The van der Waals surface area contributed by atoms with E-state index in [0.717, 1.165) is 24.8 Å². The summed E-state index contributed by atoms with van der Waals surface area (Å²) in [7, 11) is 0. The van der Waals surface area contributed by atoms with Gasteiger partial charge in [0.1, 0.15) is 12.0 Å². The molecule has 2 N–H and O–H groups in total. The predicted octanol–water partition coefficient (Wildman–Crippen LogP) is 4.75. The predicted molar refractivity (Wildman–Crippen MR) is 117 cm³/mol. The van der Waals surface area contributed by atoms with Crippen LogP contribution in [-0.4, -0.2) is 31.3 Å². The molecule has 10 nitrogen and oxygen atoms in total. The van der Waals surface area contributed by atoms with Gasteiger partial charge in [-0.25, -0.2) is 18.4 Å². The highest BCUT2D eigenvalue weighted by molar-refractivity contribution is 5.78. The fourth-order valence-electron chi connectivity index (χ4n) is 3.72.